The monoisotopic (exact) mass is 292 g/mol. The van der Waals surface area contributed by atoms with Gasteiger partial charge >= 0.3 is 5.97 Å². The third kappa shape index (κ3) is 5.14. The summed E-state index contributed by atoms with van der Waals surface area (Å²) in [5.41, 5.74) is 0.459. The van der Waals surface area contributed by atoms with Crippen molar-refractivity contribution >= 4 is 5.97 Å². The van der Waals surface area contributed by atoms with Crippen molar-refractivity contribution in [2.24, 2.45) is 5.92 Å². The van der Waals surface area contributed by atoms with Crippen LogP contribution in [0.25, 0.3) is 0 Å². The van der Waals surface area contributed by atoms with Gasteiger partial charge in [0.2, 0.25) is 0 Å². The summed E-state index contributed by atoms with van der Waals surface area (Å²) in [7, 11) is 0. The fraction of sp³-hybridized carbons (Fsp3) is 0.588. The fourth-order valence-corrected chi connectivity index (χ4v) is 2.83. The van der Waals surface area contributed by atoms with E-state index in [9.17, 15) is 9.90 Å². The van der Waals surface area contributed by atoms with Gasteiger partial charge in [-0.05, 0) is 44.1 Å². The van der Waals surface area contributed by atoms with E-state index in [4.69, 9.17) is 9.84 Å². The highest BCUT2D eigenvalue weighted by Crippen LogP contribution is 2.32. The van der Waals surface area contributed by atoms with Crippen LogP contribution in [0.5, 0.6) is 0 Å². The Hall–Kier alpha value is -1.39. The van der Waals surface area contributed by atoms with Crippen molar-refractivity contribution in [1.82, 2.24) is 0 Å². The minimum Gasteiger partial charge on any atom is -0.481 e. The molecule has 1 aliphatic carbocycles. The zero-order chi connectivity index (χ0) is 15.1. The van der Waals surface area contributed by atoms with E-state index in [1.54, 1.807) is 0 Å². The van der Waals surface area contributed by atoms with Gasteiger partial charge in [0, 0.05) is 6.61 Å². The Morgan fingerprint density at radius 3 is 2.52 bits per heavy atom. The molecule has 0 saturated heterocycles. The molecule has 0 heterocycles. The molecule has 0 bridgehead atoms. The molecule has 4 nitrogen and oxygen atoms in total. The van der Waals surface area contributed by atoms with Crippen LogP contribution in [0.4, 0.5) is 0 Å². The highest BCUT2D eigenvalue weighted by atomic mass is 16.5. The Bertz CT molecular complexity index is 435. The van der Waals surface area contributed by atoms with Crippen molar-refractivity contribution in [3.05, 3.63) is 35.9 Å². The summed E-state index contributed by atoms with van der Waals surface area (Å²) in [4.78, 5) is 10.9. The maximum atomic E-state index is 10.9. The first-order valence-electron chi connectivity index (χ1n) is 7.66. The first-order chi connectivity index (χ1) is 10.1. The average Bonchev–Trinajstić information content (AvgIpc) is 2.48. The number of ether oxygens (including phenoxy) is 1. The van der Waals surface area contributed by atoms with Crippen LogP contribution in [0, 0.1) is 5.92 Å². The van der Waals surface area contributed by atoms with Crippen LogP contribution in [-0.2, 0) is 16.0 Å². The second-order valence-electron chi connectivity index (χ2n) is 5.98. The predicted octanol–water partition coefficient (Wildman–Crippen LogP) is 2.64. The number of carbonyl (C=O) groups is 1. The van der Waals surface area contributed by atoms with E-state index < -0.39 is 11.6 Å². The number of benzene rings is 1. The second kappa shape index (κ2) is 7.57. The first-order valence-corrected chi connectivity index (χ1v) is 7.66. The van der Waals surface area contributed by atoms with Crippen LogP contribution >= 0.6 is 0 Å². The molecule has 2 N–H and O–H groups in total. The van der Waals surface area contributed by atoms with E-state index in [1.807, 2.05) is 18.2 Å². The lowest BCUT2D eigenvalue weighted by atomic mass is 9.79. The van der Waals surface area contributed by atoms with Crippen LogP contribution in [0.2, 0.25) is 0 Å². The highest BCUT2D eigenvalue weighted by molar-refractivity contribution is 5.70. The van der Waals surface area contributed by atoms with Crippen LogP contribution < -0.4 is 0 Å². The summed E-state index contributed by atoms with van der Waals surface area (Å²) < 4.78 is 5.60. The Kier molecular flexibility index (Phi) is 5.76. The standard InChI is InChI=1S/C17H24O4/c18-16(19)15-8-10-17(20,11-9-15)13-21-12-4-7-14-5-2-1-3-6-14/h1-3,5-6,15,20H,4,7-13H2,(H,18,19). The lowest BCUT2D eigenvalue weighted by Crippen LogP contribution is -2.40. The van der Waals surface area contributed by atoms with Gasteiger partial charge in [-0.15, -0.1) is 0 Å². The zero-order valence-electron chi connectivity index (χ0n) is 12.3. The quantitative estimate of drug-likeness (QED) is 0.758. The first kappa shape index (κ1) is 16.0. The lowest BCUT2D eigenvalue weighted by Gasteiger charge is -2.34. The third-order valence-electron chi connectivity index (χ3n) is 4.23. The molecule has 116 valence electrons. The van der Waals surface area contributed by atoms with Crippen molar-refractivity contribution in [1.29, 1.82) is 0 Å². The normalized spacial score (nSPS) is 25.7. The number of rotatable bonds is 7. The maximum Gasteiger partial charge on any atom is 0.306 e. The lowest BCUT2D eigenvalue weighted by molar-refractivity contribution is -0.146. The molecule has 0 atom stereocenters. The molecule has 21 heavy (non-hydrogen) atoms. The number of hydrogen-bond donors (Lipinski definition) is 2. The van der Waals surface area contributed by atoms with Crippen LogP contribution in [0.1, 0.15) is 37.7 Å². The Labute approximate surface area is 125 Å². The SMILES string of the molecule is O=C(O)C1CCC(O)(COCCCc2ccccc2)CC1. The summed E-state index contributed by atoms with van der Waals surface area (Å²) in [6, 6.07) is 10.3. The Morgan fingerprint density at radius 1 is 1.24 bits per heavy atom. The van der Waals surface area contributed by atoms with Gasteiger partial charge in [0.05, 0.1) is 18.1 Å². The number of hydrogen-bond acceptors (Lipinski definition) is 3. The maximum absolute atomic E-state index is 10.9. The smallest absolute Gasteiger partial charge is 0.306 e. The van der Waals surface area contributed by atoms with Gasteiger partial charge in [0.1, 0.15) is 0 Å². The molecule has 1 fully saturated rings. The summed E-state index contributed by atoms with van der Waals surface area (Å²) in [6.45, 7) is 0.938. The summed E-state index contributed by atoms with van der Waals surface area (Å²) >= 11 is 0. The van der Waals surface area contributed by atoms with E-state index in [2.05, 4.69) is 12.1 Å². The minimum atomic E-state index is -0.835. The molecule has 1 aromatic carbocycles. The van der Waals surface area contributed by atoms with Gasteiger partial charge < -0.3 is 14.9 Å². The molecule has 2 rings (SSSR count). The molecule has 1 aromatic rings. The molecular weight excluding hydrogens is 268 g/mol. The predicted molar refractivity (Wildman–Crippen MR) is 80.1 cm³/mol. The van der Waals surface area contributed by atoms with Gasteiger partial charge in [-0.3, -0.25) is 4.79 Å². The largest absolute Gasteiger partial charge is 0.481 e. The van der Waals surface area contributed by atoms with Gasteiger partial charge in [-0.25, -0.2) is 0 Å². The number of aliphatic hydroxyl groups is 1. The molecule has 0 aliphatic heterocycles. The molecule has 0 radical (unpaired) electrons. The van der Waals surface area contributed by atoms with Gasteiger partial charge in [0.15, 0.2) is 0 Å². The number of carboxylic acid groups (broad SMARTS) is 1. The van der Waals surface area contributed by atoms with Crippen LogP contribution in [0.3, 0.4) is 0 Å². The molecule has 0 amide bonds. The van der Waals surface area contributed by atoms with Crippen LogP contribution in [0.15, 0.2) is 30.3 Å². The van der Waals surface area contributed by atoms with E-state index in [-0.39, 0.29) is 5.92 Å². The van der Waals surface area contributed by atoms with Gasteiger partial charge in [-0.2, -0.15) is 0 Å². The fourth-order valence-electron chi connectivity index (χ4n) is 2.83. The molecule has 4 heteroatoms. The minimum absolute atomic E-state index is 0.302. The summed E-state index contributed by atoms with van der Waals surface area (Å²) in [5.74, 6) is -1.05. The number of carboxylic acids is 1. The van der Waals surface area contributed by atoms with E-state index >= 15 is 0 Å². The number of aliphatic carboxylic acids is 1. The van der Waals surface area contributed by atoms with E-state index in [1.165, 1.54) is 5.56 Å². The van der Waals surface area contributed by atoms with Gasteiger partial charge in [-0.1, -0.05) is 30.3 Å². The Balaban J connectivity index is 1.61. The highest BCUT2D eigenvalue weighted by Gasteiger charge is 2.35. The second-order valence-corrected chi connectivity index (χ2v) is 5.98. The van der Waals surface area contributed by atoms with Crippen LogP contribution in [-0.4, -0.2) is 35.0 Å². The summed E-state index contributed by atoms with van der Waals surface area (Å²) in [6.07, 6.45) is 4.02. The number of aryl methyl sites for hydroxylation is 1. The van der Waals surface area contributed by atoms with Crippen molar-refractivity contribution in [3.8, 4) is 0 Å². The third-order valence-corrected chi connectivity index (χ3v) is 4.23. The van der Waals surface area contributed by atoms with Crippen molar-refractivity contribution in [2.75, 3.05) is 13.2 Å². The molecule has 1 saturated carbocycles. The molecular formula is C17H24O4. The van der Waals surface area contributed by atoms with E-state index in [0.717, 1.165) is 12.8 Å². The topological polar surface area (TPSA) is 66.8 Å². The average molecular weight is 292 g/mol. The van der Waals surface area contributed by atoms with Crippen molar-refractivity contribution in [2.45, 2.75) is 44.1 Å². The van der Waals surface area contributed by atoms with Gasteiger partial charge in [0.25, 0.3) is 0 Å². The summed E-state index contributed by atoms with van der Waals surface area (Å²) in [5, 5.41) is 19.3. The Morgan fingerprint density at radius 2 is 1.90 bits per heavy atom. The molecule has 0 aromatic heterocycles. The zero-order valence-corrected chi connectivity index (χ0v) is 12.3. The van der Waals surface area contributed by atoms with Crippen molar-refractivity contribution in [3.63, 3.8) is 0 Å². The molecule has 0 unspecified atom stereocenters. The molecule has 1 aliphatic rings. The molecule has 0 spiro atoms. The van der Waals surface area contributed by atoms with E-state index in [0.29, 0.717) is 38.9 Å². The van der Waals surface area contributed by atoms with Crippen molar-refractivity contribution < 1.29 is 19.7 Å².